The minimum atomic E-state index is -0.490. The third-order valence-electron chi connectivity index (χ3n) is 5.03. The molecule has 0 aliphatic carbocycles. The smallest absolute Gasteiger partial charge is 0.0991 e. The van der Waals surface area contributed by atoms with Gasteiger partial charge < -0.3 is 10.0 Å². The van der Waals surface area contributed by atoms with E-state index in [4.69, 9.17) is 11.6 Å². The first-order valence-corrected chi connectivity index (χ1v) is 9.95. The molecule has 1 aliphatic heterocycles. The van der Waals surface area contributed by atoms with Crippen LogP contribution in [0, 0.1) is 5.92 Å². The van der Waals surface area contributed by atoms with Crippen LogP contribution in [-0.2, 0) is 12.8 Å². The monoisotopic (exact) mass is 422 g/mol. The van der Waals surface area contributed by atoms with Gasteiger partial charge in [-0.25, -0.2) is 0 Å². The molecule has 1 N–H and O–H groups in total. The number of aromatic nitrogens is 1. The lowest BCUT2D eigenvalue weighted by atomic mass is 9.87. The molecular weight excluding hydrogens is 400 g/mol. The summed E-state index contributed by atoms with van der Waals surface area (Å²) in [7, 11) is 2.14. The molecule has 0 radical (unpaired) electrons. The van der Waals surface area contributed by atoms with E-state index in [9.17, 15) is 5.11 Å². The van der Waals surface area contributed by atoms with Gasteiger partial charge in [0.15, 0.2) is 0 Å². The van der Waals surface area contributed by atoms with Crippen molar-refractivity contribution in [1.29, 1.82) is 0 Å². The van der Waals surface area contributed by atoms with Crippen molar-refractivity contribution in [3.8, 4) is 0 Å². The highest BCUT2D eigenvalue weighted by atomic mass is 79.9. The van der Waals surface area contributed by atoms with Crippen LogP contribution in [0.25, 0.3) is 0 Å². The molecule has 2 heterocycles. The maximum absolute atomic E-state index is 10.9. The highest BCUT2D eigenvalue weighted by Gasteiger charge is 2.27. The Morgan fingerprint density at radius 1 is 1.28 bits per heavy atom. The van der Waals surface area contributed by atoms with Crippen molar-refractivity contribution in [2.75, 3.05) is 20.1 Å². The quantitative estimate of drug-likeness (QED) is 0.760. The van der Waals surface area contributed by atoms with Gasteiger partial charge in [0.05, 0.1) is 11.8 Å². The zero-order chi connectivity index (χ0) is 17.8. The van der Waals surface area contributed by atoms with Crippen molar-refractivity contribution in [2.45, 2.75) is 31.8 Å². The fourth-order valence-corrected chi connectivity index (χ4v) is 4.09. The van der Waals surface area contributed by atoms with Crippen LogP contribution in [0.4, 0.5) is 0 Å². The Labute approximate surface area is 163 Å². The van der Waals surface area contributed by atoms with Crippen molar-refractivity contribution in [3.63, 3.8) is 0 Å². The number of nitrogens with zero attached hydrogens (tertiary/aromatic N) is 2. The second kappa shape index (κ2) is 8.63. The van der Waals surface area contributed by atoms with Crippen LogP contribution in [0.2, 0.25) is 5.02 Å². The molecule has 0 amide bonds. The highest BCUT2D eigenvalue weighted by Crippen LogP contribution is 2.32. The largest absolute Gasteiger partial charge is 0.387 e. The number of hydrogen-bond acceptors (Lipinski definition) is 3. The first-order chi connectivity index (χ1) is 12.0. The summed E-state index contributed by atoms with van der Waals surface area (Å²) >= 11 is 9.60. The lowest BCUT2D eigenvalue weighted by molar-refractivity contribution is 0.0619. The molecule has 3 nitrogen and oxygen atoms in total. The first kappa shape index (κ1) is 18.8. The van der Waals surface area contributed by atoms with Gasteiger partial charge in [0.1, 0.15) is 0 Å². The van der Waals surface area contributed by atoms with Crippen LogP contribution in [0.15, 0.2) is 41.0 Å². The molecule has 3 rings (SSSR count). The van der Waals surface area contributed by atoms with Gasteiger partial charge in [-0.15, -0.1) is 0 Å². The van der Waals surface area contributed by atoms with E-state index < -0.39 is 6.10 Å². The molecule has 5 heteroatoms. The Bertz CT molecular complexity index is 717. The van der Waals surface area contributed by atoms with Crippen LogP contribution >= 0.6 is 27.5 Å². The number of benzene rings is 1. The zero-order valence-corrected chi connectivity index (χ0v) is 16.8. The molecular formula is C20H24BrClN2O. The predicted octanol–water partition coefficient (Wildman–Crippen LogP) is 4.66. The number of rotatable bonds is 5. The summed E-state index contributed by atoms with van der Waals surface area (Å²) in [4.78, 5) is 6.88. The highest BCUT2D eigenvalue weighted by molar-refractivity contribution is 9.10. The van der Waals surface area contributed by atoms with Gasteiger partial charge in [-0.2, -0.15) is 0 Å². The average Bonchev–Trinajstić information content (AvgIpc) is 2.60. The standard InChI is InChI=1S/C20H24BrClN2O/c1-24-9-7-15(8-10-24)20(25)19-16(12-17(21)13-23-19)6-5-14-3-2-4-18(22)11-14/h2-4,11-13,15,20,25H,5-10H2,1H3. The number of aliphatic hydroxyl groups is 1. The molecule has 1 aromatic carbocycles. The summed E-state index contributed by atoms with van der Waals surface area (Å²) in [6.07, 6.45) is 5.05. The summed E-state index contributed by atoms with van der Waals surface area (Å²) in [5, 5.41) is 11.7. The minimum absolute atomic E-state index is 0.287. The van der Waals surface area contributed by atoms with E-state index in [-0.39, 0.29) is 5.92 Å². The number of aryl methyl sites for hydroxylation is 2. The van der Waals surface area contributed by atoms with Gasteiger partial charge in [-0.05, 0) is 97.0 Å². The predicted molar refractivity (Wildman–Crippen MR) is 106 cm³/mol. The molecule has 0 bridgehead atoms. The molecule has 1 aliphatic rings. The summed E-state index contributed by atoms with van der Waals surface area (Å²) in [6, 6.07) is 10.0. The number of aliphatic hydroxyl groups excluding tert-OH is 1. The van der Waals surface area contributed by atoms with Crippen LogP contribution in [-0.4, -0.2) is 35.1 Å². The Hall–Kier alpha value is -0.940. The molecule has 25 heavy (non-hydrogen) atoms. The number of pyridine rings is 1. The van der Waals surface area contributed by atoms with E-state index in [0.717, 1.165) is 59.5 Å². The molecule has 134 valence electrons. The van der Waals surface area contributed by atoms with Gasteiger partial charge in [-0.1, -0.05) is 23.7 Å². The van der Waals surface area contributed by atoms with Crippen molar-refractivity contribution >= 4 is 27.5 Å². The van der Waals surface area contributed by atoms with E-state index in [2.05, 4.69) is 45.0 Å². The van der Waals surface area contributed by atoms with Crippen LogP contribution in [0.5, 0.6) is 0 Å². The van der Waals surface area contributed by atoms with Crippen LogP contribution in [0.3, 0.4) is 0 Å². The van der Waals surface area contributed by atoms with E-state index in [0.29, 0.717) is 0 Å². The lowest BCUT2D eigenvalue weighted by Crippen LogP contribution is -2.33. The van der Waals surface area contributed by atoms with Gasteiger partial charge >= 0.3 is 0 Å². The summed E-state index contributed by atoms with van der Waals surface area (Å²) in [6.45, 7) is 2.08. The van der Waals surface area contributed by atoms with E-state index in [1.54, 1.807) is 6.20 Å². The number of likely N-dealkylation sites (tertiary alicyclic amines) is 1. The second-order valence-corrected chi connectivity index (χ2v) is 8.27. The van der Waals surface area contributed by atoms with E-state index >= 15 is 0 Å². The average molecular weight is 424 g/mol. The summed E-state index contributed by atoms with van der Waals surface area (Å²) in [5.74, 6) is 0.287. The van der Waals surface area contributed by atoms with E-state index in [1.807, 2.05) is 18.2 Å². The zero-order valence-electron chi connectivity index (χ0n) is 14.5. The molecule has 2 aromatic rings. The van der Waals surface area contributed by atoms with E-state index in [1.165, 1.54) is 5.56 Å². The summed E-state index contributed by atoms with van der Waals surface area (Å²) in [5.41, 5.74) is 3.15. The van der Waals surface area contributed by atoms with Crippen molar-refractivity contribution in [1.82, 2.24) is 9.88 Å². The maximum Gasteiger partial charge on any atom is 0.0991 e. The molecule has 0 saturated carbocycles. The van der Waals surface area contributed by atoms with Crippen LogP contribution < -0.4 is 0 Å². The fraction of sp³-hybridized carbons (Fsp3) is 0.450. The SMILES string of the molecule is CN1CCC(C(O)c2ncc(Br)cc2CCc2cccc(Cl)c2)CC1. The van der Waals surface area contributed by atoms with Crippen LogP contribution in [0.1, 0.15) is 35.8 Å². The molecule has 1 fully saturated rings. The Kier molecular flexibility index (Phi) is 6.50. The minimum Gasteiger partial charge on any atom is -0.387 e. The second-order valence-electron chi connectivity index (χ2n) is 6.91. The van der Waals surface area contributed by atoms with Gasteiger partial charge in [0.25, 0.3) is 0 Å². The third kappa shape index (κ3) is 5.04. The summed E-state index contributed by atoms with van der Waals surface area (Å²) < 4.78 is 0.952. The first-order valence-electron chi connectivity index (χ1n) is 8.78. The molecule has 0 spiro atoms. The van der Waals surface area contributed by atoms with Gasteiger partial charge in [0, 0.05) is 15.7 Å². The number of hydrogen-bond donors (Lipinski definition) is 1. The van der Waals surface area contributed by atoms with Gasteiger partial charge in [-0.3, -0.25) is 4.98 Å². The molecule has 1 saturated heterocycles. The molecule has 1 aromatic heterocycles. The van der Waals surface area contributed by atoms with Crippen molar-refractivity contribution in [2.24, 2.45) is 5.92 Å². The Balaban J connectivity index is 1.75. The topological polar surface area (TPSA) is 36.4 Å². The van der Waals surface area contributed by atoms with Crippen molar-refractivity contribution < 1.29 is 5.11 Å². The van der Waals surface area contributed by atoms with Gasteiger partial charge in [0.2, 0.25) is 0 Å². The normalized spacial score (nSPS) is 17.6. The fourth-order valence-electron chi connectivity index (χ4n) is 3.50. The Morgan fingerprint density at radius 3 is 2.76 bits per heavy atom. The lowest BCUT2D eigenvalue weighted by Gasteiger charge is -2.32. The third-order valence-corrected chi connectivity index (χ3v) is 5.70. The number of piperidine rings is 1. The molecule has 1 atom stereocenters. The molecule has 1 unspecified atom stereocenters. The number of halogens is 2. The Morgan fingerprint density at radius 2 is 2.04 bits per heavy atom. The van der Waals surface area contributed by atoms with Crippen molar-refractivity contribution in [3.05, 3.63) is 62.8 Å². The maximum atomic E-state index is 10.9.